The summed E-state index contributed by atoms with van der Waals surface area (Å²) < 4.78 is 5.05. The molecule has 1 aliphatic heterocycles. The van der Waals surface area contributed by atoms with Crippen LogP contribution in [0.5, 0.6) is 0 Å². The first-order valence-corrected chi connectivity index (χ1v) is 9.58. The molecule has 0 radical (unpaired) electrons. The Labute approximate surface area is 164 Å². The third-order valence-corrected chi connectivity index (χ3v) is 5.53. The Kier molecular flexibility index (Phi) is 4.86. The number of nitrogens with one attached hydrogen (secondary N) is 1. The molecule has 2 aromatic carbocycles. The first-order chi connectivity index (χ1) is 13.6. The molecule has 1 N–H and O–H groups in total. The molecule has 2 aliphatic rings. The van der Waals surface area contributed by atoms with Gasteiger partial charge in [0.05, 0.1) is 12.7 Å². The van der Waals surface area contributed by atoms with Gasteiger partial charge in [-0.15, -0.1) is 0 Å². The molecule has 1 heterocycles. The van der Waals surface area contributed by atoms with Crippen molar-refractivity contribution in [2.24, 2.45) is 0 Å². The summed E-state index contributed by atoms with van der Waals surface area (Å²) in [6, 6.07) is 18.3. The minimum absolute atomic E-state index is 0.111. The van der Waals surface area contributed by atoms with Crippen LogP contribution in [-0.4, -0.2) is 18.9 Å². The molecule has 0 bridgehead atoms. The van der Waals surface area contributed by atoms with Gasteiger partial charge >= 0.3 is 5.97 Å². The van der Waals surface area contributed by atoms with Crippen molar-refractivity contribution in [2.45, 2.75) is 32.1 Å². The second-order valence-corrected chi connectivity index (χ2v) is 7.25. The molecule has 0 aromatic heterocycles. The van der Waals surface area contributed by atoms with Gasteiger partial charge in [0.15, 0.2) is 5.78 Å². The van der Waals surface area contributed by atoms with E-state index in [1.54, 1.807) is 0 Å². The number of esters is 1. The Hall–Kier alpha value is -3.14. The molecule has 0 spiro atoms. The third-order valence-electron chi connectivity index (χ3n) is 5.53. The van der Waals surface area contributed by atoms with Crippen LogP contribution in [0.25, 0.3) is 11.1 Å². The van der Waals surface area contributed by atoms with Crippen molar-refractivity contribution in [1.29, 1.82) is 0 Å². The van der Waals surface area contributed by atoms with Crippen LogP contribution in [0.4, 0.5) is 0 Å². The summed E-state index contributed by atoms with van der Waals surface area (Å²) in [5.74, 6) is -0.673. The summed E-state index contributed by atoms with van der Waals surface area (Å²) in [6.07, 6.45) is 2.18. The largest absolute Gasteiger partial charge is 0.466 e. The Bertz CT molecular complexity index is 984. The number of Topliss-reactive ketones (excluding diaryl/α,β-unsaturated/α-hetero) is 1. The number of benzene rings is 2. The normalized spacial score (nSPS) is 19.2. The second-order valence-electron chi connectivity index (χ2n) is 7.25. The zero-order valence-corrected chi connectivity index (χ0v) is 16.1. The maximum atomic E-state index is 12.8. The fraction of sp³-hybridized carbons (Fsp3) is 0.250. The number of carbonyl (C=O) groups is 2. The number of allylic oxidation sites excluding steroid dienone is 3. The van der Waals surface area contributed by atoms with Crippen LogP contribution in [0.2, 0.25) is 0 Å². The number of dihydropyridines is 1. The van der Waals surface area contributed by atoms with Crippen molar-refractivity contribution >= 4 is 11.8 Å². The third kappa shape index (κ3) is 3.15. The van der Waals surface area contributed by atoms with Crippen molar-refractivity contribution in [3.63, 3.8) is 0 Å². The lowest BCUT2D eigenvalue weighted by Gasteiger charge is -2.34. The van der Waals surface area contributed by atoms with E-state index in [0.717, 1.165) is 40.9 Å². The fourth-order valence-electron chi connectivity index (χ4n) is 4.20. The van der Waals surface area contributed by atoms with Gasteiger partial charge in [-0.2, -0.15) is 0 Å². The number of ether oxygens (including phenoxy) is 1. The van der Waals surface area contributed by atoms with E-state index in [2.05, 4.69) is 17.4 Å². The van der Waals surface area contributed by atoms with E-state index < -0.39 is 5.97 Å². The summed E-state index contributed by atoms with van der Waals surface area (Å²) >= 11 is 0. The fourth-order valence-corrected chi connectivity index (χ4v) is 4.20. The number of carbonyl (C=O) groups excluding carboxylic acids is 2. The van der Waals surface area contributed by atoms with E-state index in [0.29, 0.717) is 17.6 Å². The summed E-state index contributed by atoms with van der Waals surface area (Å²) in [5, 5.41) is 3.29. The first-order valence-electron chi connectivity index (χ1n) is 9.58. The van der Waals surface area contributed by atoms with E-state index in [1.165, 1.54) is 7.11 Å². The molecular formula is C24H23NO3. The zero-order chi connectivity index (χ0) is 19.7. The van der Waals surface area contributed by atoms with Crippen LogP contribution < -0.4 is 5.32 Å². The Morgan fingerprint density at radius 3 is 2.36 bits per heavy atom. The molecule has 2 aromatic rings. The smallest absolute Gasteiger partial charge is 0.336 e. The van der Waals surface area contributed by atoms with Crippen LogP contribution in [-0.2, 0) is 14.3 Å². The van der Waals surface area contributed by atoms with Gasteiger partial charge in [0.2, 0.25) is 0 Å². The summed E-state index contributed by atoms with van der Waals surface area (Å²) in [4.78, 5) is 25.4. The average Bonchev–Trinajstić information content (AvgIpc) is 2.73. The number of hydrogen-bond acceptors (Lipinski definition) is 4. The topological polar surface area (TPSA) is 55.4 Å². The summed E-state index contributed by atoms with van der Waals surface area (Å²) in [6.45, 7) is 1.88. The maximum absolute atomic E-state index is 12.8. The minimum atomic E-state index is -0.396. The Morgan fingerprint density at radius 1 is 1.00 bits per heavy atom. The predicted octanol–water partition coefficient (Wildman–Crippen LogP) is 4.49. The van der Waals surface area contributed by atoms with E-state index in [-0.39, 0.29) is 11.7 Å². The maximum Gasteiger partial charge on any atom is 0.336 e. The van der Waals surface area contributed by atoms with Gasteiger partial charge in [0, 0.05) is 29.3 Å². The van der Waals surface area contributed by atoms with Gasteiger partial charge in [0.25, 0.3) is 0 Å². The lowest BCUT2D eigenvalue weighted by atomic mass is 9.75. The molecule has 1 atom stereocenters. The SMILES string of the molecule is COC(=O)C1=C(C)NC2=C(C(=O)CCC2)[C@H]1c1ccc(-c2ccccc2)cc1. The van der Waals surface area contributed by atoms with Crippen LogP contribution in [0.3, 0.4) is 0 Å². The van der Waals surface area contributed by atoms with E-state index in [1.807, 2.05) is 49.4 Å². The van der Waals surface area contributed by atoms with E-state index in [9.17, 15) is 9.59 Å². The summed E-state index contributed by atoms with van der Waals surface area (Å²) in [7, 11) is 1.38. The highest BCUT2D eigenvalue weighted by atomic mass is 16.5. The van der Waals surface area contributed by atoms with Crippen LogP contribution in [0.1, 0.15) is 37.7 Å². The van der Waals surface area contributed by atoms with Gasteiger partial charge in [-0.05, 0) is 36.5 Å². The van der Waals surface area contributed by atoms with Crippen LogP contribution in [0, 0.1) is 0 Å². The second kappa shape index (κ2) is 7.47. The molecule has 1 aliphatic carbocycles. The van der Waals surface area contributed by atoms with Crippen molar-refractivity contribution < 1.29 is 14.3 Å². The predicted molar refractivity (Wildman–Crippen MR) is 108 cm³/mol. The number of methoxy groups -OCH3 is 1. The standard InChI is InChI=1S/C24H23NO3/c1-15-21(24(27)28-2)22(23-19(25-15)9-6-10-20(23)26)18-13-11-17(12-14-18)16-7-4-3-5-8-16/h3-5,7-8,11-14,22,25H,6,9-10H2,1-2H3/t22-/m0/s1. The van der Waals surface area contributed by atoms with Crippen molar-refractivity contribution in [1.82, 2.24) is 5.32 Å². The lowest BCUT2D eigenvalue weighted by Crippen LogP contribution is -2.34. The molecule has 4 nitrogen and oxygen atoms in total. The summed E-state index contributed by atoms with van der Waals surface area (Å²) in [5.41, 5.74) is 6.10. The van der Waals surface area contributed by atoms with Crippen molar-refractivity contribution in [2.75, 3.05) is 7.11 Å². The van der Waals surface area contributed by atoms with Gasteiger partial charge < -0.3 is 10.1 Å². The van der Waals surface area contributed by atoms with Gasteiger partial charge in [-0.1, -0.05) is 54.6 Å². The number of ketones is 1. The molecule has 142 valence electrons. The van der Waals surface area contributed by atoms with E-state index >= 15 is 0 Å². The monoisotopic (exact) mass is 373 g/mol. The van der Waals surface area contributed by atoms with Crippen molar-refractivity contribution in [3.8, 4) is 11.1 Å². The molecule has 0 saturated carbocycles. The zero-order valence-electron chi connectivity index (χ0n) is 16.1. The van der Waals surface area contributed by atoms with Gasteiger partial charge in [-0.3, -0.25) is 4.79 Å². The molecular weight excluding hydrogens is 350 g/mol. The van der Waals surface area contributed by atoms with Gasteiger partial charge in [0.1, 0.15) is 0 Å². The first kappa shape index (κ1) is 18.2. The van der Waals surface area contributed by atoms with Gasteiger partial charge in [-0.25, -0.2) is 4.79 Å². The highest BCUT2D eigenvalue weighted by Crippen LogP contribution is 2.42. The molecule has 0 amide bonds. The van der Waals surface area contributed by atoms with E-state index in [4.69, 9.17) is 4.74 Å². The number of hydrogen-bond donors (Lipinski definition) is 1. The quantitative estimate of drug-likeness (QED) is 0.805. The Morgan fingerprint density at radius 2 is 1.68 bits per heavy atom. The highest BCUT2D eigenvalue weighted by Gasteiger charge is 2.38. The minimum Gasteiger partial charge on any atom is -0.466 e. The number of rotatable bonds is 3. The Balaban J connectivity index is 1.81. The molecule has 0 fully saturated rings. The lowest BCUT2D eigenvalue weighted by molar-refractivity contribution is -0.136. The van der Waals surface area contributed by atoms with Crippen molar-refractivity contribution in [3.05, 3.63) is 82.7 Å². The molecule has 0 saturated heterocycles. The highest BCUT2D eigenvalue weighted by molar-refractivity contribution is 6.03. The molecule has 0 unspecified atom stereocenters. The molecule has 4 heteroatoms. The van der Waals surface area contributed by atoms with Crippen LogP contribution >= 0.6 is 0 Å². The van der Waals surface area contributed by atoms with Crippen LogP contribution in [0.15, 0.2) is 77.1 Å². The molecule has 4 rings (SSSR count). The average molecular weight is 373 g/mol. The molecule has 28 heavy (non-hydrogen) atoms.